The molecule has 6 heteroatoms. The number of hydrogen-bond donors (Lipinski definition) is 1. The lowest BCUT2D eigenvalue weighted by molar-refractivity contribution is -0.128. The fraction of sp³-hybridized carbons (Fsp3) is 0.200. The normalized spacial score (nSPS) is 15.4. The first-order valence-electron chi connectivity index (χ1n) is 8.51. The fourth-order valence-electron chi connectivity index (χ4n) is 3.00. The number of carbonyl (C=O) groups is 1. The maximum atomic E-state index is 13.2. The molecule has 1 aliphatic heterocycles. The Morgan fingerprint density at radius 3 is 2.62 bits per heavy atom. The molecule has 0 aliphatic carbocycles. The molecular weight excluding hydrogens is 350 g/mol. The predicted molar refractivity (Wildman–Crippen MR) is 103 cm³/mol. The second kappa shape index (κ2) is 7.32. The van der Waals surface area contributed by atoms with Gasteiger partial charge in [-0.05, 0) is 29.8 Å². The molecule has 0 bridgehead atoms. The molecule has 1 N–H and O–H groups in total. The topological polar surface area (TPSA) is 58.2 Å². The lowest BCUT2D eigenvalue weighted by Gasteiger charge is -2.27. The van der Waals surface area contributed by atoms with Crippen LogP contribution < -0.4 is 0 Å². The zero-order valence-corrected chi connectivity index (χ0v) is 14.9. The van der Waals surface area contributed by atoms with Gasteiger partial charge in [-0.2, -0.15) is 0 Å². The molecule has 1 aliphatic rings. The molecule has 0 saturated carbocycles. The Kier molecular flexibility index (Phi) is 4.73. The summed E-state index contributed by atoms with van der Waals surface area (Å²) in [5.74, 6) is 0.467. The van der Waals surface area contributed by atoms with Gasteiger partial charge in [0.05, 0.1) is 29.8 Å². The number of benzene rings is 2. The van der Waals surface area contributed by atoms with Crippen LogP contribution in [-0.2, 0) is 9.53 Å². The molecule has 1 fully saturated rings. The molecule has 0 atom stereocenters. The van der Waals surface area contributed by atoms with Gasteiger partial charge >= 0.3 is 0 Å². The van der Waals surface area contributed by atoms with E-state index in [2.05, 4.69) is 9.97 Å². The smallest absolute Gasteiger partial charge is 0.257 e. The fourth-order valence-corrected chi connectivity index (χ4v) is 3.19. The average molecular weight is 368 g/mol. The maximum absolute atomic E-state index is 13.2. The van der Waals surface area contributed by atoms with Crippen molar-refractivity contribution in [2.75, 3.05) is 26.3 Å². The van der Waals surface area contributed by atoms with Crippen LogP contribution in [0, 0.1) is 0 Å². The Hall–Kier alpha value is -2.63. The number of imidazole rings is 1. The van der Waals surface area contributed by atoms with E-state index < -0.39 is 0 Å². The highest BCUT2D eigenvalue weighted by Gasteiger charge is 2.24. The van der Waals surface area contributed by atoms with Gasteiger partial charge in [0.2, 0.25) is 0 Å². The number of ether oxygens (including phenoxy) is 1. The molecule has 5 nitrogen and oxygen atoms in total. The Morgan fingerprint density at radius 2 is 1.85 bits per heavy atom. The van der Waals surface area contributed by atoms with Crippen LogP contribution in [0.1, 0.15) is 11.4 Å². The molecule has 3 aromatic rings. The number of morpholine rings is 1. The van der Waals surface area contributed by atoms with Gasteiger partial charge in [-0.1, -0.05) is 41.9 Å². The van der Waals surface area contributed by atoms with E-state index in [0.717, 1.165) is 16.6 Å². The first-order chi connectivity index (χ1) is 12.7. The van der Waals surface area contributed by atoms with Crippen molar-refractivity contribution in [1.82, 2.24) is 14.9 Å². The quantitative estimate of drug-likeness (QED) is 0.719. The summed E-state index contributed by atoms with van der Waals surface area (Å²) < 4.78 is 5.36. The number of fused-ring (bicyclic) bond motifs is 1. The predicted octanol–water partition coefficient (Wildman–Crippen LogP) is 3.62. The molecule has 0 spiro atoms. The van der Waals surface area contributed by atoms with Crippen LogP contribution in [0.4, 0.5) is 0 Å². The average Bonchev–Trinajstić information content (AvgIpc) is 3.11. The van der Waals surface area contributed by atoms with Crippen LogP contribution in [-0.4, -0.2) is 47.1 Å². The van der Waals surface area contributed by atoms with E-state index in [4.69, 9.17) is 16.3 Å². The van der Waals surface area contributed by atoms with Crippen LogP contribution in [0.3, 0.4) is 0 Å². The number of rotatable bonds is 3. The van der Waals surface area contributed by atoms with Crippen molar-refractivity contribution < 1.29 is 9.53 Å². The summed E-state index contributed by atoms with van der Waals surface area (Å²) >= 11 is 6.30. The number of halogens is 1. The number of H-pyrrole nitrogens is 1. The lowest BCUT2D eigenvalue weighted by Crippen LogP contribution is -2.41. The number of amides is 1. The monoisotopic (exact) mass is 367 g/mol. The second-order valence-corrected chi connectivity index (χ2v) is 6.49. The van der Waals surface area contributed by atoms with Crippen molar-refractivity contribution in [1.29, 1.82) is 0 Å². The number of nitrogens with zero attached hydrogens (tertiary/aromatic N) is 2. The summed E-state index contributed by atoms with van der Waals surface area (Å²) in [4.78, 5) is 22.8. The molecule has 26 heavy (non-hydrogen) atoms. The summed E-state index contributed by atoms with van der Waals surface area (Å²) in [6, 6.07) is 15.2. The molecule has 4 rings (SSSR count). The Bertz CT molecular complexity index is 941. The SMILES string of the molecule is O=C(C(=Cc1ccccc1Cl)c1nc2ccccc2[nH]1)N1CCOCC1. The Balaban J connectivity index is 1.80. The maximum Gasteiger partial charge on any atom is 0.257 e. The summed E-state index contributed by atoms with van der Waals surface area (Å²) in [6.45, 7) is 2.23. The molecule has 0 radical (unpaired) electrons. The minimum Gasteiger partial charge on any atom is -0.378 e. The van der Waals surface area contributed by atoms with Crippen LogP contribution in [0.15, 0.2) is 48.5 Å². The summed E-state index contributed by atoms with van der Waals surface area (Å²) in [6.07, 6.45) is 1.80. The second-order valence-electron chi connectivity index (χ2n) is 6.09. The highest BCUT2D eigenvalue weighted by molar-refractivity contribution is 6.33. The van der Waals surface area contributed by atoms with Gasteiger partial charge in [-0.25, -0.2) is 4.98 Å². The van der Waals surface area contributed by atoms with Gasteiger partial charge in [-0.3, -0.25) is 4.79 Å². The highest BCUT2D eigenvalue weighted by Crippen LogP contribution is 2.25. The minimum absolute atomic E-state index is 0.0766. The first kappa shape index (κ1) is 16.8. The molecule has 132 valence electrons. The zero-order valence-electron chi connectivity index (χ0n) is 14.1. The number of hydrogen-bond acceptors (Lipinski definition) is 3. The van der Waals surface area contributed by atoms with E-state index in [1.54, 1.807) is 11.0 Å². The number of carbonyl (C=O) groups excluding carboxylic acids is 1. The third kappa shape index (κ3) is 3.36. The van der Waals surface area contributed by atoms with Crippen molar-refractivity contribution in [2.24, 2.45) is 0 Å². The molecule has 1 aromatic heterocycles. The van der Waals surface area contributed by atoms with Gasteiger partial charge in [-0.15, -0.1) is 0 Å². The number of aromatic nitrogens is 2. The van der Waals surface area contributed by atoms with Gasteiger partial charge in [0, 0.05) is 18.1 Å². The highest BCUT2D eigenvalue weighted by atomic mass is 35.5. The van der Waals surface area contributed by atoms with Crippen molar-refractivity contribution in [3.05, 3.63) is 64.9 Å². The third-order valence-corrected chi connectivity index (χ3v) is 4.72. The van der Waals surface area contributed by atoms with Crippen molar-refractivity contribution in [3.8, 4) is 0 Å². The van der Waals surface area contributed by atoms with E-state index in [9.17, 15) is 4.79 Å². The van der Waals surface area contributed by atoms with E-state index in [0.29, 0.717) is 42.7 Å². The Labute approximate surface area is 156 Å². The molecule has 2 aromatic carbocycles. The van der Waals surface area contributed by atoms with Crippen LogP contribution >= 0.6 is 11.6 Å². The van der Waals surface area contributed by atoms with Crippen LogP contribution in [0.25, 0.3) is 22.7 Å². The van der Waals surface area contributed by atoms with Gasteiger partial charge in [0.25, 0.3) is 5.91 Å². The summed E-state index contributed by atoms with van der Waals surface area (Å²) in [5.41, 5.74) is 2.99. The largest absolute Gasteiger partial charge is 0.378 e. The van der Waals surface area contributed by atoms with E-state index >= 15 is 0 Å². The van der Waals surface area contributed by atoms with Crippen LogP contribution in [0.2, 0.25) is 5.02 Å². The molecular formula is C20H18ClN3O2. The molecule has 2 heterocycles. The molecule has 1 amide bonds. The summed E-state index contributed by atoms with van der Waals surface area (Å²) in [7, 11) is 0. The van der Waals surface area contributed by atoms with Crippen molar-refractivity contribution >= 4 is 40.2 Å². The first-order valence-corrected chi connectivity index (χ1v) is 8.88. The summed E-state index contributed by atoms with van der Waals surface area (Å²) in [5, 5.41) is 0.593. The number of nitrogens with one attached hydrogen (secondary N) is 1. The van der Waals surface area contributed by atoms with Gasteiger partial charge in [0.1, 0.15) is 5.82 Å². The van der Waals surface area contributed by atoms with Crippen LogP contribution in [0.5, 0.6) is 0 Å². The zero-order chi connectivity index (χ0) is 17.9. The van der Waals surface area contributed by atoms with E-state index in [-0.39, 0.29) is 5.91 Å². The van der Waals surface area contributed by atoms with E-state index in [1.165, 1.54) is 0 Å². The van der Waals surface area contributed by atoms with Crippen molar-refractivity contribution in [3.63, 3.8) is 0 Å². The standard InChI is InChI=1S/C20H18ClN3O2/c21-16-6-2-1-5-14(16)13-15(20(25)24-9-11-26-12-10-24)19-22-17-7-3-4-8-18(17)23-19/h1-8,13H,9-12H2,(H,22,23). The molecule has 1 saturated heterocycles. The Morgan fingerprint density at radius 1 is 1.12 bits per heavy atom. The van der Waals surface area contributed by atoms with Crippen molar-refractivity contribution in [2.45, 2.75) is 0 Å². The van der Waals surface area contributed by atoms with Gasteiger partial charge in [0.15, 0.2) is 0 Å². The van der Waals surface area contributed by atoms with E-state index in [1.807, 2.05) is 48.5 Å². The lowest BCUT2D eigenvalue weighted by atomic mass is 10.1. The number of para-hydroxylation sites is 2. The minimum atomic E-state index is -0.0766. The number of aromatic amines is 1. The third-order valence-electron chi connectivity index (χ3n) is 4.38. The molecule has 0 unspecified atom stereocenters. The van der Waals surface area contributed by atoms with Gasteiger partial charge < -0.3 is 14.6 Å².